The molecule has 0 aliphatic heterocycles. The van der Waals surface area contributed by atoms with Crippen molar-refractivity contribution in [2.24, 2.45) is 0 Å². The third-order valence-corrected chi connectivity index (χ3v) is 14.4. The van der Waals surface area contributed by atoms with Crippen LogP contribution in [0.25, 0.3) is 55.6 Å². The third kappa shape index (κ3) is 14.8. The molecule has 0 saturated heterocycles. The molecule has 0 fully saturated rings. The minimum absolute atomic E-state index is 0.0724. The van der Waals surface area contributed by atoms with Gasteiger partial charge in [0.2, 0.25) is 0 Å². The maximum Gasteiger partial charge on any atom is 0.119 e. The molecule has 0 aromatic heterocycles. The fourth-order valence-corrected chi connectivity index (χ4v) is 10.2. The van der Waals surface area contributed by atoms with E-state index in [4.69, 9.17) is 18.9 Å². The van der Waals surface area contributed by atoms with Crippen LogP contribution in [0, 0.1) is 0 Å². The second-order valence-electron chi connectivity index (χ2n) is 19.6. The van der Waals surface area contributed by atoms with Gasteiger partial charge in [-0.3, -0.25) is 0 Å². The van der Waals surface area contributed by atoms with Gasteiger partial charge in [0.1, 0.15) is 11.5 Å². The first-order chi connectivity index (χ1) is 34.5. The molecule has 0 bridgehead atoms. The average Bonchev–Trinajstić information content (AvgIpc) is 3.65. The number of ether oxygens (including phenoxy) is 4. The van der Waals surface area contributed by atoms with Crippen LogP contribution >= 0.6 is 0 Å². The highest BCUT2D eigenvalue weighted by Crippen LogP contribution is 2.53. The Hall–Kier alpha value is -6.00. The topological polar surface area (TPSA) is 36.9 Å². The molecule has 4 heteroatoms. The van der Waals surface area contributed by atoms with Gasteiger partial charge < -0.3 is 18.9 Å². The Morgan fingerprint density at radius 2 is 0.657 bits per heavy atom. The van der Waals surface area contributed by atoms with E-state index in [1.807, 2.05) is 0 Å². The van der Waals surface area contributed by atoms with Crippen LogP contribution in [0.15, 0.2) is 159 Å². The first kappa shape index (κ1) is 51.8. The predicted octanol–water partition coefficient (Wildman–Crippen LogP) is 19.2. The number of unbranched alkanes of at least 4 members (excludes halogenated alkanes) is 15. The molecule has 0 heterocycles. The van der Waals surface area contributed by atoms with Crippen molar-refractivity contribution in [1.29, 1.82) is 0 Å². The van der Waals surface area contributed by atoms with Crippen molar-refractivity contribution in [3.63, 3.8) is 0 Å². The van der Waals surface area contributed by atoms with Crippen LogP contribution < -0.4 is 9.47 Å². The molecular formula is C66H80O4. The Labute approximate surface area is 422 Å². The molecule has 0 radical (unpaired) electrons. The minimum Gasteiger partial charge on any atom is -0.502 e. The van der Waals surface area contributed by atoms with Crippen LogP contribution in [-0.2, 0) is 14.9 Å². The van der Waals surface area contributed by atoms with Crippen molar-refractivity contribution >= 4 is 0 Å². The average molecular weight is 937 g/mol. The van der Waals surface area contributed by atoms with Gasteiger partial charge in [-0.05, 0) is 135 Å². The fraction of sp³-hybridized carbons (Fsp3) is 0.394. The predicted molar refractivity (Wildman–Crippen MR) is 297 cm³/mol. The summed E-state index contributed by atoms with van der Waals surface area (Å²) in [6, 6.07) is 49.8. The van der Waals surface area contributed by atoms with Crippen molar-refractivity contribution in [1.82, 2.24) is 0 Å². The highest BCUT2D eigenvalue weighted by molar-refractivity contribution is 5.86. The molecule has 4 nitrogen and oxygen atoms in total. The second-order valence-corrected chi connectivity index (χ2v) is 19.6. The molecule has 0 atom stereocenters. The lowest BCUT2D eigenvalue weighted by Crippen LogP contribution is -2.20. The first-order valence-electron chi connectivity index (χ1n) is 26.9. The van der Waals surface area contributed by atoms with E-state index < -0.39 is 0 Å². The summed E-state index contributed by atoms with van der Waals surface area (Å²) in [6.07, 6.45) is 26.1. The molecule has 0 spiro atoms. The number of benzene rings is 6. The molecule has 6 aromatic carbocycles. The number of fused-ring (bicyclic) bond motifs is 3. The van der Waals surface area contributed by atoms with Crippen molar-refractivity contribution in [3.05, 3.63) is 170 Å². The maximum atomic E-state index is 6.09. The Balaban J connectivity index is 0.973. The Morgan fingerprint density at radius 3 is 1.03 bits per heavy atom. The van der Waals surface area contributed by atoms with Gasteiger partial charge >= 0.3 is 0 Å². The lowest BCUT2D eigenvalue weighted by atomic mass is 9.75. The van der Waals surface area contributed by atoms with Crippen LogP contribution in [0.4, 0.5) is 0 Å². The van der Waals surface area contributed by atoms with Crippen molar-refractivity contribution in [3.8, 4) is 67.1 Å². The van der Waals surface area contributed by atoms with E-state index in [1.54, 1.807) is 0 Å². The zero-order valence-electron chi connectivity index (χ0n) is 42.7. The van der Waals surface area contributed by atoms with Gasteiger partial charge in [-0.15, -0.1) is 0 Å². The molecule has 6 aromatic rings. The fourth-order valence-electron chi connectivity index (χ4n) is 10.2. The van der Waals surface area contributed by atoms with E-state index in [2.05, 4.69) is 160 Å². The molecule has 7 rings (SSSR count). The summed E-state index contributed by atoms with van der Waals surface area (Å²) in [4.78, 5) is 0. The summed E-state index contributed by atoms with van der Waals surface area (Å²) in [5.74, 6) is 1.88. The molecule has 70 heavy (non-hydrogen) atoms. The van der Waals surface area contributed by atoms with E-state index >= 15 is 0 Å². The molecule has 368 valence electrons. The molecule has 0 saturated carbocycles. The molecule has 1 aliphatic rings. The standard InChI is InChI=1S/C66H80O4/c1-5-8-9-10-15-20-45-66(4)64-50-58(56-29-25-52(26-30-56)54-33-39-60(40-34-54)69-48-23-18-13-11-16-21-46-67-6-2)37-43-62(64)63-44-38-59(51-65(63)66)57-31-27-53(28-32-57)55-35-41-61(42-36-55)70-49-24-19-14-12-17-22-47-68-7-3/h6-7,25-44,50-51H,2-3,5,8-24,45-49H2,1,4H3. The third-order valence-electron chi connectivity index (χ3n) is 14.4. The minimum atomic E-state index is -0.0724. The van der Waals surface area contributed by atoms with E-state index in [0.717, 1.165) is 70.0 Å². The molecular weight excluding hydrogens is 857 g/mol. The smallest absolute Gasteiger partial charge is 0.119 e. The molecule has 0 unspecified atom stereocenters. The highest BCUT2D eigenvalue weighted by Gasteiger charge is 2.39. The summed E-state index contributed by atoms with van der Waals surface area (Å²) >= 11 is 0. The van der Waals surface area contributed by atoms with Crippen LogP contribution in [0.1, 0.15) is 147 Å². The van der Waals surface area contributed by atoms with Gasteiger partial charge in [-0.1, -0.05) is 214 Å². The van der Waals surface area contributed by atoms with Gasteiger partial charge in [0, 0.05) is 5.41 Å². The van der Waals surface area contributed by atoms with Gasteiger partial charge in [0.25, 0.3) is 0 Å². The number of hydrogen-bond donors (Lipinski definition) is 0. The number of hydrogen-bond acceptors (Lipinski definition) is 4. The Bertz CT molecular complexity index is 2300. The Morgan fingerprint density at radius 1 is 0.357 bits per heavy atom. The van der Waals surface area contributed by atoms with E-state index in [-0.39, 0.29) is 5.41 Å². The van der Waals surface area contributed by atoms with Crippen LogP contribution in [0.5, 0.6) is 11.5 Å². The summed E-state index contributed by atoms with van der Waals surface area (Å²) < 4.78 is 22.6. The lowest BCUT2D eigenvalue weighted by molar-refractivity contribution is 0.241. The van der Waals surface area contributed by atoms with Gasteiger partial charge in [0.05, 0.1) is 39.0 Å². The zero-order valence-corrected chi connectivity index (χ0v) is 42.7. The first-order valence-corrected chi connectivity index (χ1v) is 26.9. The Kier molecular flexibility index (Phi) is 20.7. The van der Waals surface area contributed by atoms with Gasteiger partial charge in [-0.2, -0.15) is 0 Å². The van der Waals surface area contributed by atoms with Crippen LogP contribution in [0.2, 0.25) is 0 Å². The lowest BCUT2D eigenvalue weighted by Gasteiger charge is -2.28. The maximum absolute atomic E-state index is 6.09. The van der Waals surface area contributed by atoms with E-state index in [9.17, 15) is 0 Å². The molecule has 0 amide bonds. The van der Waals surface area contributed by atoms with E-state index in [1.165, 1.54) is 169 Å². The summed E-state index contributed by atoms with van der Waals surface area (Å²) in [6.45, 7) is 15.1. The largest absolute Gasteiger partial charge is 0.502 e. The van der Waals surface area contributed by atoms with Gasteiger partial charge in [0.15, 0.2) is 0 Å². The monoisotopic (exact) mass is 937 g/mol. The van der Waals surface area contributed by atoms with Crippen LogP contribution in [0.3, 0.4) is 0 Å². The van der Waals surface area contributed by atoms with Gasteiger partial charge in [-0.25, -0.2) is 0 Å². The van der Waals surface area contributed by atoms with Crippen molar-refractivity contribution < 1.29 is 18.9 Å². The van der Waals surface area contributed by atoms with Crippen molar-refractivity contribution in [2.75, 3.05) is 26.4 Å². The molecule has 1 aliphatic carbocycles. The van der Waals surface area contributed by atoms with Crippen molar-refractivity contribution in [2.45, 2.75) is 141 Å². The normalized spacial score (nSPS) is 12.3. The summed E-state index contributed by atoms with van der Waals surface area (Å²) in [5.41, 5.74) is 15.5. The summed E-state index contributed by atoms with van der Waals surface area (Å²) in [7, 11) is 0. The SMILES string of the molecule is C=COCCCCCCCCOc1ccc(-c2ccc(-c3ccc4c(c3)C(C)(CCCCCCCC)c3cc(-c5ccc(-c6ccc(OCCCCCCCCOC=C)cc6)cc5)ccc3-4)cc2)cc1. The number of rotatable bonds is 33. The van der Waals surface area contributed by atoms with E-state index in [0.29, 0.717) is 0 Å². The second kappa shape index (κ2) is 28.0. The zero-order chi connectivity index (χ0) is 48.6. The summed E-state index contributed by atoms with van der Waals surface area (Å²) in [5, 5.41) is 0. The quantitative estimate of drug-likeness (QED) is 0.0304. The van der Waals surface area contributed by atoms with Crippen LogP contribution in [-0.4, -0.2) is 26.4 Å². The molecule has 0 N–H and O–H groups in total. The highest BCUT2D eigenvalue weighted by atomic mass is 16.5.